The molecule has 2 rings (SSSR count). The van der Waals surface area contributed by atoms with Crippen LogP contribution in [0.15, 0.2) is 28.7 Å². The van der Waals surface area contributed by atoms with Crippen LogP contribution in [0.5, 0.6) is 0 Å². The van der Waals surface area contributed by atoms with Gasteiger partial charge in [-0.05, 0) is 30.0 Å². The Labute approximate surface area is 84.1 Å². The fourth-order valence-electron chi connectivity index (χ4n) is 1.59. The molecule has 0 radical (unpaired) electrons. The van der Waals surface area contributed by atoms with E-state index in [0.29, 0.717) is 6.42 Å². The lowest BCUT2D eigenvalue weighted by atomic mass is 10.1. The fraction of sp³-hybridized carbons (Fsp3) is 0.400. The van der Waals surface area contributed by atoms with Gasteiger partial charge in [0.05, 0.1) is 0 Å². The first kappa shape index (κ1) is 9.13. The molecule has 0 amide bonds. The van der Waals surface area contributed by atoms with Crippen LogP contribution in [-0.2, 0) is 0 Å². The number of rotatable bonds is 2. The normalized spacial score (nSPS) is 26.5. The smallest absolute Gasteiger partial charge is 0.210 e. The summed E-state index contributed by atoms with van der Waals surface area (Å²) < 4.78 is 25.4. The van der Waals surface area contributed by atoms with Crippen molar-refractivity contribution in [3.05, 3.63) is 34.3 Å². The molecule has 0 heterocycles. The SMILES string of the molecule is FC(F)C1CC1c1ccc(Br)cc1. The highest BCUT2D eigenvalue weighted by Crippen LogP contribution is 2.50. The molecule has 0 saturated heterocycles. The molecule has 70 valence electrons. The van der Waals surface area contributed by atoms with E-state index < -0.39 is 12.3 Å². The van der Waals surface area contributed by atoms with Crippen LogP contribution < -0.4 is 0 Å². The molecule has 1 aromatic carbocycles. The van der Waals surface area contributed by atoms with Crippen molar-refractivity contribution in [2.45, 2.75) is 18.8 Å². The van der Waals surface area contributed by atoms with Gasteiger partial charge in [-0.2, -0.15) is 0 Å². The Morgan fingerprint density at radius 3 is 2.31 bits per heavy atom. The average Bonchev–Trinajstić information content (AvgIpc) is 2.85. The molecule has 0 nitrogen and oxygen atoms in total. The Bertz CT molecular complexity index is 294. The average molecular weight is 247 g/mol. The number of halogens is 3. The minimum atomic E-state index is -2.16. The number of hydrogen-bond donors (Lipinski definition) is 0. The molecule has 2 atom stereocenters. The molecule has 0 N–H and O–H groups in total. The summed E-state index contributed by atoms with van der Waals surface area (Å²) in [5.41, 5.74) is 1.04. The van der Waals surface area contributed by atoms with Crippen LogP contribution in [0.25, 0.3) is 0 Å². The van der Waals surface area contributed by atoms with Crippen LogP contribution in [-0.4, -0.2) is 6.43 Å². The van der Waals surface area contributed by atoms with Crippen LogP contribution in [0, 0.1) is 5.92 Å². The number of hydrogen-bond acceptors (Lipinski definition) is 0. The maximum absolute atomic E-state index is 12.2. The van der Waals surface area contributed by atoms with E-state index >= 15 is 0 Å². The van der Waals surface area contributed by atoms with Gasteiger partial charge in [0.15, 0.2) is 0 Å². The van der Waals surface area contributed by atoms with Gasteiger partial charge < -0.3 is 0 Å². The summed E-state index contributed by atoms with van der Waals surface area (Å²) in [5, 5.41) is 0. The Balaban J connectivity index is 2.08. The molecule has 0 spiro atoms. The zero-order valence-corrected chi connectivity index (χ0v) is 8.47. The third kappa shape index (κ3) is 1.90. The standard InChI is InChI=1S/C10H9BrF2/c11-7-3-1-6(2-4-7)8-5-9(8)10(12)13/h1-4,8-10H,5H2. The van der Waals surface area contributed by atoms with Crippen molar-refractivity contribution in [1.29, 1.82) is 0 Å². The van der Waals surface area contributed by atoms with E-state index in [1.807, 2.05) is 24.3 Å². The molecular weight excluding hydrogens is 238 g/mol. The largest absolute Gasteiger partial charge is 0.242 e. The highest BCUT2D eigenvalue weighted by Gasteiger charge is 2.44. The van der Waals surface area contributed by atoms with E-state index in [-0.39, 0.29) is 5.92 Å². The molecule has 1 aliphatic carbocycles. The van der Waals surface area contributed by atoms with Crippen molar-refractivity contribution in [1.82, 2.24) is 0 Å². The molecule has 2 unspecified atom stereocenters. The maximum atomic E-state index is 12.2. The summed E-state index contributed by atoms with van der Waals surface area (Å²) >= 11 is 3.31. The minimum Gasteiger partial charge on any atom is -0.210 e. The van der Waals surface area contributed by atoms with Crippen LogP contribution in [0.3, 0.4) is 0 Å². The zero-order chi connectivity index (χ0) is 9.42. The minimum absolute atomic E-state index is 0.0908. The highest BCUT2D eigenvalue weighted by molar-refractivity contribution is 9.10. The van der Waals surface area contributed by atoms with Crippen LogP contribution >= 0.6 is 15.9 Å². The van der Waals surface area contributed by atoms with E-state index in [4.69, 9.17) is 0 Å². The molecule has 0 aliphatic heterocycles. The van der Waals surface area contributed by atoms with Gasteiger partial charge >= 0.3 is 0 Å². The van der Waals surface area contributed by atoms with Gasteiger partial charge in [-0.3, -0.25) is 0 Å². The highest BCUT2D eigenvalue weighted by atomic mass is 79.9. The van der Waals surface area contributed by atoms with E-state index in [1.165, 1.54) is 0 Å². The Morgan fingerprint density at radius 2 is 1.85 bits per heavy atom. The van der Waals surface area contributed by atoms with Crippen molar-refractivity contribution >= 4 is 15.9 Å². The van der Waals surface area contributed by atoms with Gasteiger partial charge in [0.1, 0.15) is 0 Å². The summed E-state index contributed by atoms with van der Waals surface area (Å²) in [6.07, 6.45) is -1.52. The number of alkyl halides is 2. The lowest BCUT2D eigenvalue weighted by Gasteiger charge is -1.99. The van der Waals surface area contributed by atoms with Gasteiger partial charge in [-0.15, -0.1) is 0 Å². The monoisotopic (exact) mass is 246 g/mol. The molecular formula is C10H9BrF2. The number of benzene rings is 1. The second kappa shape index (κ2) is 3.37. The Morgan fingerprint density at radius 1 is 1.23 bits per heavy atom. The first-order chi connectivity index (χ1) is 6.18. The van der Waals surface area contributed by atoms with Crippen LogP contribution in [0.1, 0.15) is 17.9 Å². The summed E-state index contributed by atoms with van der Waals surface area (Å²) in [5.74, 6) is -0.311. The van der Waals surface area contributed by atoms with Gasteiger partial charge in [-0.1, -0.05) is 28.1 Å². The van der Waals surface area contributed by atoms with Gasteiger partial charge in [0.25, 0.3) is 0 Å². The first-order valence-corrected chi connectivity index (χ1v) is 5.01. The second-order valence-electron chi connectivity index (χ2n) is 3.39. The van der Waals surface area contributed by atoms with Gasteiger partial charge in [0.2, 0.25) is 6.43 Å². The predicted molar refractivity (Wildman–Crippen MR) is 51.0 cm³/mol. The van der Waals surface area contributed by atoms with Crippen molar-refractivity contribution < 1.29 is 8.78 Å². The fourth-order valence-corrected chi connectivity index (χ4v) is 1.85. The lowest BCUT2D eigenvalue weighted by molar-refractivity contribution is 0.120. The van der Waals surface area contributed by atoms with E-state index in [1.54, 1.807) is 0 Å². The van der Waals surface area contributed by atoms with E-state index in [2.05, 4.69) is 15.9 Å². The molecule has 1 fully saturated rings. The van der Waals surface area contributed by atoms with Crippen molar-refractivity contribution in [3.63, 3.8) is 0 Å². The van der Waals surface area contributed by atoms with Crippen molar-refractivity contribution in [3.8, 4) is 0 Å². The van der Waals surface area contributed by atoms with Crippen molar-refractivity contribution in [2.24, 2.45) is 5.92 Å². The molecule has 1 aromatic rings. The topological polar surface area (TPSA) is 0 Å². The third-order valence-electron chi connectivity index (χ3n) is 2.46. The third-order valence-corrected chi connectivity index (χ3v) is 2.99. The van der Waals surface area contributed by atoms with Gasteiger partial charge in [-0.25, -0.2) is 8.78 Å². The molecule has 1 aliphatic rings. The van der Waals surface area contributed by atoms with Crippen LogP contribution in [0.4, 0.5) is 8.78 Å². The van der Waals surface area contributed by atoms with E-state index in [9.17, 15) is 8.78 Å². The van der Waals surface area contributed by atoms with E-state index in [0.717, 1.165) is 10.0 Å². The zero-order valence-electron chi connectivity index (χ0n) is 6.88. The maximum Gasteiger partial charge on any atom is 0.242 e. The van der Waals surface area contributed by atoms with Gasteiger partial charge in [0, 0.05) is 10.4 Å². The molecule has 0 aromatic heterocycles. The first-order valence-electron chi connectivity index (χ1n) is 4.22. The van der Waals surface area contributed by atoms with Crippen LogP contribution in [0.2, 0.25) is 0 Å². The molecule has 0 bridgehead atoms. The lowest BCUT2D eigenvalue weighted by Crippen LogP contribution is -1.94. The molecule has 3 heteroatoms. The second-order valence-corrected chi connectivity index (χ2v) is 4.31. The summed E-state index contributed by atoms with van der Waals surface area (Å²) in [7, 11) is 0. The Kier molecular flexibility index (Phi) is 2.37. The Hall–Kier alpha value is -0.440. The quantitative estimate of drug-likeness (QED) is 0.745. The predicted octanol–water partition coefficient (Wildman–Crippen LogP) is 3.82. The van der Waals surface area contributed by atoms with Crippen molar-refractivity contribution in [2.75, 3.05) is 0 Å². The summed E-state index contributed by atoms with van der Waals surface area (Å²) in [6, 6.07) is 7.63. The molecule has 13 heavy (non-hydrogen) atoms. The molecule has 1 saturated carbocycles. The summed E-state index contributed by atoms with van der Waals surface area (Å²) in [6.45, 7) is 0. The summed E-state index contributed by atoms with van der Waals surface area (Å²) in [4.78, 5) is 0.